The number of ketones is 2. The molecule has 0 bridgehead atoms. The third-order valence-electron chi connectivity index (χ3n) is 4.81. The third-order valence-corrected chi connectivity index (χ3v) is 4.81. The van der Waals surface area contributed by atoms with E-state index in [4.69, 9.17) is 4.74 Å². The average Bonchev–Trinajstić information content (AvgIpc) is 2.71. The molecule has 0 radical (unpaired) electrons. The Balaban J connectivity index is 2.18. The van der Waals surface area contributed by atoms with Crippen molar-refractivity contribution in [2.45, 2.75) is 59.2 Å². The van der Waals surface area contributed by atoms with Crippen LogP contribution in [0, 0.1) is 12.8 Å². The Morgan fingerprint density at radius 3 is 2.38 bits per heavy atom. The zero-order valence-electron chi connectivity index (χ0n) is 19.8. The van der Waals surface area contributed by atoms with Crippen LogP contribution in [0.3, 0.4) is 0 Å². The Kier molecular flexibility index (Phi) is 8.57. The number of carbonyl (C=O) groups excluding carboxylic acids is 3. The summed E-state index contributed by atoms with van der Waals surface area (Å²) in [5, 5.41) is 4.60. The topological polar surface area (TPSA) is 110 Å². The second-order valence-corrected chi connectivity index (χ2v) is 8.85. The minimum Gasteiger partial charge on any atom is -0.444 e. The van der Waals surface area contributed by atoms with Crippen LogP contribution < -0.4 is 10.6 Å². The molecule has 2 N–H and O–H groups in total. The first-order chi connectivity index (χ1) is 15.7. The number of amides is 1. The highest BCUT2D eigenvalue weighted by Crippen LogP contribution is 2.24. The lowest BCUT2D eigenvalue weighted by molar-refractivity contribution is -0.122. The molecule has 0 aliphatic rings. The summed E-state index contributed by atoms with van der Waals surface area (Å²) in [6.45, 7) is 6.77. The van der Waals surface area contributed by atoms with Crippen LogP contribution in [-0.4, -0.2) is 52.5 Å². The normalized spacial score (nSPS) is 12.8. The van der Waals surface area contributed by atoms with Crippen LogP contribution in [0.4, 0.5) is 23.8 Å². The minimum atomic E-state index is -4.44. The maximum absolute atomic E-state index is 13.0. The number of benzene rings is 1. The zero-order chi connectivity index (χ0) is 25.7. The van der Waals surface area contributed by atoms with Crippen molar-refractivity contribution in [2.75, 3.05) is 18.4 Å². The number of hydrogen-bond donors (Lipinski definition) is 2. The van der Waals surface area contributed by atoms with Gasteiger partial charge in [0, 0.05) is 17.9 Å². The van der Waals surface area contributed by atoms with E-state index >= 15 is 0 Å². The molecule has 0 saturated heterocycles. The van der Waals surface area contributed by atoms with Gasteiger partial charge >= 0.3 is 12.3 Å². The summed E-state index contributed by atoms with van der Waals surface area (Å²) in [6.07, 6.45) is -4.97. The van der Waals surface area contributed by atoms with Gasteiger partial charge in [-0.3, -0.25) is 9.59 Å². The Morgan fingerprint density at radius 1 is 1.12 bits per heavy atom. The van der Waals surface area contributed by atoms with Gasteiger partial charge in [0.25, 0.3) is 0 Å². The summed E-state index contributed by atoms with van der Waals surface area (Å²) in [5.74, 6) is -1.48. The molecule has 0 saturated carbocycles. The van der Waals surface area contributed by atoms with E-state index in [0.29, 0.717) is 11.9 Å². The van der Waals surface area contributed by atoms with E-state index in [9.17, 15) is 27.6 Å². The Labute approximate surface area is 195 Å². The van der Waals surface area contributed by atoms with E-state index in [2.05, 4.69) is 20.6 Å². The first-order valence-electron chi connectivity index (χ1n) is 10.8. The van der Waals surface area contributed by atoms with Gasteiger partial charge in [0.05, 0.1) is 17.8 Å². The highest BCUT2D eigenvalue weighted by molar-refractivity contribution is 6.07. The zero-order valence-corrected chi connectivity index (χ0v) is 19.8. The summed E-state index contributed by atoms with van der Waals surface area (Å²) in [7, 11) is 0. The van der Waals surface area contributed by atoms with E-state index < -0.39 is 36.1 Å². The number of alkyl carbamates (subject to hydrolysis) is 1. The molecule has 1 aromatic heterocycles. The number of Topliss-reactive ketones (excluding diaryl/α,β-unsaturated/α-hetero) is 2. The average molecular weight is 483 g/mol. The lowest BCUT2D eigenvalue weighted by atomic mass is 9.91. The third kappa shape index (κ3) is 7.96. The molecular formula is C23H29F3N4O4. The molecule has 2 aromatic rings. The van der Waals surface area contributed by atoms with Gasteiger partial charge in [0.2, 0.25) is 0 Å². The Morgan fingerprint density at radius 2 is 1.79 bits per heavy atom. The number of halogens is 3. The molecule has 0 aliphatic carbocycles. The van der Waals surface area contributed by atoms with E-state index in [1.807, 2.05) is 0 Å². The second-order valence-electron chi connectivity index (χ2n) is 8.85. The first kappa shape index (κ1) is 27.0. The summed E-state index contributed by atoms with van der Waals surface area (Å²) in [6, 6.07) is 4.70. The molecule has 8 nitrogen and oxygen atoms in total. The molecule has 1 heterocycles. The van der Waals surface area contributed by atoms with Crippen molar-refractivity contribution < 1.29 is 32.3 Å². The molecule has 1 atom stereocenters. The summed E-state index contributed by atoms with van der Waals surface area (Å²) in [5.41, 5.74) is 0.209. The van der Waals surface area contributed by atoms with Crippen LogP contribution in [0.15, 0.2) is 18.2 Å². The first-order valence-corrected chi connectivity index (χ1v) is 10.8. The van der Waals surface area contributed by atoms with Crippen molar-refractivity contribution in [3.8, 4) is 0 Å². The predicted molar refractivity (Wildman–Crippen MR) is 121 cm³/mol. The van der Waals surface area contributed by atoms with Crippen LogP contribution in [0.5, 0.6) is 0 Å². The smallest absolute Gasteiger partial charge is 0.408 e. The SMILES string of the molecule is CCC(CC(=O)c1cccc2nc(C)c(NCC(F)(F)F)nc12)C(=O)CNC(=O)OC(C)(C)C. The number of alkyl halides is 3. The Bertz CT molecular complexity index is 1060. The Hall–Kier alpha value is -3.24. The molecule has 2 rings (SSSR count). The van der Waals surface area contributed by atoms with Crippen LogP contribution in [-0.2, 0) is 9.53 Å². The molecular weight excluding hydrogens is 453 g/mol. The molecule has 0 fully saturated rings. The van der Waals surface area contributed by atoms with Crippen LogP contribution in [0.2, 0.25) is 0 Å². The van der Waals surface area contributed by atoms with Gasteiger partial charge in [-0.2, -0.15) is 13.2 Å². The maximum Gasteiger partial charge on any atom is 0.408 e. The van der Waals surface area contributed by atoms with Crippen molar-refractivity contribution in [1.82, 2.24) is 15.3 Å². The number of carbonyl (C=O) groups is 3. The number of aromatic nitrogens is 2. The quantitative estimate of drug-likeness (QED) is 0.503. The number of para-hydroxylation sites is 1. The number of aryl methyl sites for hydroxylation is 1. The van der Waals surface area contributed by atoms with Crippen LogP contribution >= 0.6 is 0 Å². The molecule has 11 heteroatoms. The van der Waals surface area contributed by atoms with Crippen molar-refractivity contribution in [3.63, 3.8) is 0 Å². The number of nitrogens with zero attached hydrogens (tertiary/aromatic N) is 2. The lowest BCUT2D eigenvalue weighted by Gasteiger charge is -2.20. The van der Waals surface area contributed by atoms with Gasteiger partial charge in [-0.1, -0.05) is 13.0 Å². The molecule has 1 amide bonds. The van der Waals surface area contributed by atoms with Gasteiger partial charge in [-0.25, -0.2) is 14.8 Å². The lowest BCUT2D eigenvalue weighted by Crippen LogP contribution is -2.37. The van der Waals surface area contributed by atoms with Crippen molar-refractivity contribution in [2.24, 2.45) is 5.92 Å². The van der Waals surface area contributed by atoms with Gasteiger partial charge in [0.1, 0.15) is 23.5 Å². The monoisotopic (exact) mass is 482 g/mol. The molecule has 1 aromatic carbocycles. The van der Waals surface area contributed by atoms with Gasteiger partial charge < -0.3 is 15.4 Å². The number of hydrogen-bond acceptors (Lipinski definition) is 7. The fourth-order valence-electron chi connectivity index (χ4n) is 3.18. The van der Waals surface area contributed by atoms with Gasteiger partial charge in [0.15, 0.2) is 11.6 Å². The van der Waals surface area contributed by atoms with E-state index in [1.165, 1.54) is 13.0 Å². The highest BCUT2D eigenvalue weighted by Gasteiger charge is 2.28. The van der Waals surface area contributed by atoms with E-state index in [1.54, 1.807) is 39.8 Å². The fourth-order valence-corrected chi connectivity index (χ4v) is 3.18. The molecule has 186 valence electrons. The standard InChI is InChI=1S/C23H29F3N4O4/c1-6-14(18(32)11-27-21(33)34-22(3,4)5)10-17(31)15-8-7-9-16-19(15)30-20(13(2)29-16)28-12-23(24,25)26/h7-9,14H,6,10-12H2,1-5H3,(H,27,33)(H,28,30). The molecule has 0 aliphatic heterocycles. The molecule has 0 spiro atoms. The van der Waals surface area contributed by atoms with E-state index in [0.717, 1.165) is 0 Å². The predicted octanol–water partition coefficient (Wildman–Crippen LogP) is 4.61. The second kappa shape index (κ2) is 10.8. The summed E-state index contributed by atoms with van der Waals surface area (Å²) >= 11 is 0. The van der Waals surface area contributed by atoms with Crippen LogP contribution in [0.25, 0.3) is 11.0 Å². The van der Waals surface area contributed by atoms with Crippen molar-refractivity contribution in [3.05, 3.63) is 29.5 Å². The molecule has 1 unspecified atom stereocenters. The fraction of sp³-hybridized carbons (Fsp3) is 0.522. The largest absolute Gasteiger partial charge is 0.444 e. The van der Waals surface area contributed by atoms with Gasteiger partial charge in [-0.15, -0.1) is 0 Å². The van der Waals surface area contributed by atoms with Crippen LogP contribution in [0.1, 0.15) is 56.6 Å². The summed E-state index contributed by atoms with van der Waals surface area (Å²) < 4.78 is 42.9. The van der Waals surface area contributed by atoms with E-state index in [-0.39, 0.29) is 41.3 Å². The minimum absolute atomic E-state index is 0.0743. The summed E-state index contributed by atoms with van der Waals surface area (Å²) in [4.78, 5) is 45.9. The number of anilines is 1. The number of nitrogens with one attached hydrogen (secondary N) is 2. The van der Waals surface area contributed by atoms with Crippen molar-refractivity contribution in [1.29, 1.82) is 0 Å². The number of fused-ring (bicyclic) bond motifs is 1. The molecule has 34 heavy (non-hydrogen) atoms. The number of rotatable bonds is 9. The van der Waals surface area contributed by atoms with Crippen molar-refractivity contribution >= 4 is 34.5 Å². The number of ether oxygens (including phenoxy) is 1. The highest BCUT2D eigenvalue weighted by atomic mass is 19.4. The van der Waals surface area contributed by atoms with Gasteiger partial charge in [-0.05, 0) is 46.2 Å². The maximum atomic E-state index is 13.0.